The number of pyridine rings is 1. The molecule has 1 amide bonds. The molecule has 0 saturated heterocycles. The molecule has 0 aliphatic heterocycles. The molecule has 0 bridgehead atoms. The van der Waals surface area contributed by atoms with Gasteiger partial charge in [-0.2, -0.15) is 0 Å². The summed E-state index contributed by atoms with van der Waals surface area (Å²) < 4.78 is 0. The number of carbonyl (C=O) groups excluding carboxylic acids is 1. The molecule has 0 spiro atoms. The number of rotatable bonds is 6. The molecule has 1 heterocycles. The van der Waals surface area contributed by atoms with Crippen molar-refractivity contribution in [3.8, 4) is 11.5 Å². The molecule has 0 aliphatic carbocycles. The molecule has 4 heteroatoms. The summed E-state index contributed by atoms with van der Waals surface area (Å²) in [6.07, 6.45) is 1.76. The van der Waals surface area contributed by atoms with Crippen LogP contribution in [-0.2, 0) is 10.2 Å². The van der Waals surface area contributed by atoms with Crippen LogP contribution in [-0.4, -0.2) is 19.0 Å². The van der Waals surface area contributed by atoms with E-state index in [0.29, 0.717) is 16.6 Å². The van der Waals surface area contributed by atoms with Crippen molar-refractivity contribution in [1.82, 2.24) is 4.98 Å². The summed E-state index contributed by atoms with van der Waals surface area (Å²) in [5.74, 6) is 3.25. The predicted molar refractivity (Wildman–Crippen MR) is 162 cm³/mol. The van der Waals surface area contributed by atoms with Gasteiger partial charge in [0.15, 0.2) is 0 Å². The number of nitrogens with one attached hydrogen (secondary N) is 1. The van der Waals surface area contributed by atoms with Gasteiger partial charge >= 0.3 is 0 Å². The molecule has 3 rings (SSSR count). The molecular weight excluding hydrogens is 468 g/mol. The van der Waals surface area contributed by atoms with E-state index in [1.807, 2.05) is 37.3 Å². The quantitative estimate of drug-likeness (QED) is 0.265. The Labute approximate surface area is 225 Å². The number of benzene rings is 2. The zero-order valence-corrected chi connectivity index (χ0v) is 25.4. The first-order chi connectivity index (χ1) is 17.3. The summed E-state index contributed by atoms with van der Waals surface area (Å²) in [6, 6.07) is 16.3. The fourth-order valence-corrected chi connectivity index (χ4v) is 10.9. The van der Waals surface area contributed by atoms with Gasteiger partial charge in [-0.15, -0.1) is 5.54 Å². The van der Waals surface area contributed by atoms with Gasteiger partial charge in [-0.25, -0.2) is 0 Å². The Kier molecular flexibility index (Phi) is 8.70. The lowest BCUT2D eigenvalue weighted by Gasteiger charge is -2.38. The highest BCUT2D eigenvalue weighted by Gasteiger charge is 2.41. The lowest BCUT2D eigenvalue weighted by Crippen LogP contribution is -2.43. The van der Waals surface area contributed by atoms with Crippen LogP contribution in [0.5, 0.6) is 0 Å². The molecular formula is C33H44N2OSi. The average Bonchev–Trinajstić information content (AvgIpc) is 2.83. The predicted octanol–water partition coefficient (Wildman–Crippen LogP) is 8.84. The number of aromatic nitrogens is 1. The van der Waals surface area contributed by atoms with Crippen LogP contribution in [0.25, 0.3) is 10.9 Å². The minimum absolute atomic E-state index is 0.00224. The van der Waals surface area contributed by atoms with Gasteiger partial charge in [0, 0.05) is 17.1 Å². The molecule has 0 aliphatic rings. The van der Waals surface area contributed by atoms with Gasteiger partial charge in [0.05, 0.1) is 17.1 Å². The van der Waals surface area contributed by atoms with Gasteiger partial charge in [0.2, 0.25) is 5.91 Å². The first kappa shape index (κ1) is 28.7. The van der Waals surface area contributed by atoms with Crippen molar-refractivity contribution < 1.29 is 4.79 Å². The van der Waals surface area contributed by atoms with Gasteiger partial charge in [-0.3, -0.25) is 9.78 Å². The molecule has 196 valence electrons. The second-order valence-electron chi connectivity index (χ2n) is 12.3. The summed E-state index contributed by atoms with van der Waals surface area (Å²) in [7, 11) is -1.92. The summed E-state index contributed by atoms with van der Waals surface area (Å²) in [4.78, 5) is 18.0. The SMILES string of the molecule is CC(C(=O)Nc1cccc2cccnc12)c1ccc(C(C)(C)C)cc1C#C[Si](C(C)C)(C(C)C)C(C)C. The van der Waals surface area contributed by atoms with Gasteiger partial charge in [0.25, 0.3) is 0 Å². The van der Waals surface area contributed by atoms with Gasteiger partial charge in [-0.1, -0.05) is 98.6 Å². The summed E-state index contributed by atoms with van der Waals surface area (Å²) in [6.45, 7) is 22.6. The standard InChI is InChI=1S/C33H44N2OSi/c1-22(2)37(23(3)4,24(5)6)20-18-27-21-28(33(8,9)10)16-17-29(27)25(7)32(36)35-30-15-11-13-26-14-12-19-34-31(26)30/h11-17,19,21-25H,1-10H3,(H,35,36). The second kappa shape index (κ2) is 11.2. The molecule has 3 nitrogen and oxygen atoms in total. The number of fused-ring (bicyclic) bond motifs is 1. The molecule has 37 heavy (non-hydrogen) atoms. The molecule has 1 unspecified atom stereocenters. The van der Waals surface area contributed by atoms with E-state index in [2.05, 4.69) is 102 Å². The maximum Gasteiger partial charge on any atom is 0.231 e. The maximum atomic E-state index is 13.5. The third kappa shape index (κ3) is 5.99. The van der Waals surface area contributed by atoms with Gasteiger partial charge in [-0.05, 0) is 58.3 Å². The lowest BCUT2D eigenvalue weighted by molar-refractivity contribution is -0.117. The van der Waals surface area contributed by atoms with Crippen LogP contribution in [0.3, 0.4) is 0 Å². The third-order valence-electron chi connectivity index (χ3n) is 7.95. The monoisotopic (exact) mass is 512 g/mol. The van der Waals surface area contributed by atoms with Crippen LogP contribution in [0.4, 0.5) is 5.69 Å². The Morgan fingerprint density at radius 2 is 1.51 bits per heavy atom. The second-order valence-corrected chi connectivity index (χ2v) is 17.9. The summed E-state index contributed by atoms with van der Waals surface area (Å²) in [5, 5.41) is 4.15. The number of nitrogens with zero attached hydrogens (tertiary/aromatic N) is 1. The highest BCUT2D eigenvalue weighted by Crippen LogP contribution is 2.41. The Hall–Kier alpha value is -2.90. The zero-order chi connectivity index (χ0) is 27.5. The molecule has 1 aromatic heterocycles. The van der Waals surface area contributed by atoms with E-state index in [4.69, 9.17) is 0 Å². The van der Waals surface area contributed by atoms with Crippen molar-refractivity contribution in [3.05, 3.63) is 71.4 Å². The first-order valence-electron chi connectivity index (χ1n) is 13.6. The molecule has 0 fully saturated rings. The largest absolute Gasteiger partial charge is 0.324 e. The van der Waals surface area contributed by atoms with E-state index in [1.54, 1.807) is 6.20 Å². The van der Waals surface area contributed by atoms with E-state index in [0.717, 1.165) is 27.7 Å². The van der Waals surface area contributed by atoms with E-state index in [1.165, 1.54) is 5.56 Å². The van der Waals surface area contributed by atoms with E-state index in [-0.39, 0.29) is 17.2 Å². The topological polar surface area (TPSA) is 42.0 Å². The molecule has 1 atom stereocenters. The molecule has 3 aromatic rings. The first-order valence-corrected chi connectivity index (χ1v) is 15.8. The van der Waals surface area contributed by atoms with Crippen molar-refractivity contribution in [3.63, 3.8) is 0 Å². The Morgan fingerprint density at radius 3 is 2.11 bits per heavy atom. The number of amides is 1. The van der Waals surface area contributed by atoms with E-state index < -0.39 is 8.07 Å². The smallest absolute Gasteiger partial charge is 0.231 e. The van der Waals surface area contributed by atoms with Crippen molar-refractivity contribution in [1.29, 1.82) is 0 Å². The number of para-hydroxylation sites is 1. The number of anilines is 1. The highest BCUT2D eigenvalue weighted by atomic mass is 28.3. The lowest BCUT2D eigenvalue weighted by atomic mass is 9.83. The van der Waals surface area contributed by atoms with Crippen molar-refractivity contribution in [2.24, 2.45) is 0 Å². The van der Waals surface area contributed by atoms with Crippen molar-refractivity contribution in [2.75, 3.05) is 5.32 Å². The highest BCUT2D eigenvalue weighted by molar-refractivity contribution is 6.90. The molecule has 2 aromatic carbocycles. The Balaban J connectivity index is 2.08. The van der Waals surface area contributed by atoms with Crippen molar-refractivity contribution in [2.45, 2.75) is 97.2 Å². The summed E-state index contributed by atoms with van der Waals surface area (Å²) in [5.41, 5.74) is 10.3. The Morgan fingerprint density at radius 1 is 0.892 bits per heavy atom. The number of hydrogen-bond donors (Lipinski definition) is 1. The van der Waals surface area contributed by atoms with Gasteiger partial charge < -0.3 is 5.32 Å². The summed E-state index contributed by atoms with van der Waals surface area (Å²) >= 11 is 0. The fourth-order valence-electron chi connectivity index (χ4n) is 5.70. The minimum atomic E-state index is -1.92. The van der Waals surface area contributed by atoms with E-state index >= 15 is 0 Å². The Bertz CT molecular complexity index is 1290. The van der Waals surface area contributed by atoms with Crippen LogP contribution in [0, 0.1) is 11.5 Å². The van der Waals surface area contributed by atoms with Crippen LogP contribution >= 0.6 is 0 Å². The van der Waals surface area contributed by atoms with Crippen LogP contribution < -0.4 is 5.32 Å². The maximum absolute atomic E-state index is 13.5. The number of hydrogen-bond acceptors (Lipinski definition) is 2. The zero-order valence-electron chi connectivity index (χ0n) is 24.4. The molecule has 0 radical (unpaired) electrons. The van der Waals surface area contributed by atoms with Crippen molar-refractivity contribution >= 4 is 30.6 Å². The van der Waals surface area contributed by atoms with Crippen LogP contribution in [0.2, 0.25) is 16.6 Å². The van der Waals surface area contributed by atoms with Gasteiger partial charge in [0.1, 0.15) is 8.07 Å². The minimum Gasteiger partial charge on any atom is -0.324 e. The molecule has 0 saturated carbocycles. The van der Waals surface area contributed by atoms with Crippen LogP contribution in [0.15, 0.2) is 54.7 Å². The third-order valence-corrected chi connectivity index (χ3v) is 14.2. The normalized spacial score (nSPS) is 13.1. The fraction of sp³-hybridized carbons (Fsp3) is 0.455. The van der Waals surface area contributed by atoms with Crippen LogP contribution in [0.1, 0.15) is 91.8 Å². The molecule has 1 N–H and O–H groups in total. The number of carbonyl (C=O) groups is 1. The average molecular weight is 513 g/mol. The van der Waals surface area contributed by atoms with E-state index in [9.17, 15) is 4.79 Å².